The third-order valence-corrected chi connectivity index (χ3v) is 5.85. The summed E-state index contributed by atoms with van der Waals surface area (Å²) < 4.78 is 5.67. The SMILES string of the molecule is Cc1cccc(NC(=O)CN(CC2CCCO2)C(=O)c2ccc(Cl)c(Cl)c2)c1C. The smallest absolute Gasteiger partial charge is 0.254 e. The molecule has 154 valence electrons. The molecule has 1 aliphatic rings. The number of aryl methyl sites for hydroxylation is 1. The molecule has 0 saturated carbocycles. The second kappa shape index (κ2) is 9.61. The lowest BCUT2D eigenvalue weighted by Crippen LogP contribution is -2.42. The van der Waals surface area contributed by atoms with Crippen LogP contribution in [0.2, 0.25) is 10.0 Å². The minimum Gasteiger partial charge on any atom is -0.376 e. The van der Waals surface area contributed by atoms with E-state index in [1.807, 2.05) is 32.0 Å². The summed E-state index contributed by atoms with van der Waals surface area (Å²) in [5, 5.41) is 3.59. The van der Waals surface area contributed by atoms with Crippen molar-refractivity contribution in [2.24, 2.45) is 0 Å². The molecule has 0 bridgehead atoms. The second-order valence-corrected chi connectivity index (χ2v) is 8.06. The van der Waals surface area contributed by atoms with E-state index in [9.17, 15) is 9.59 Å². The van der Waals surface area contributed by atoms with Crippen molar-refractivity contribution in [2.75, 3.05) is 25.0 Å². The van der Waals surface area contributed by atoms with Gasteiger partial charge >= 0.3 is 0 Å². The minimum absolute atomic E-state index is 0.0739. The quantitative estimate of drug-likeness (QED) is 0.705. The van der Waals surface area contributed by atoms with E-state index < -0.39 is 0 Å². The summed E-state index contributed by atoms with van der Waals surface area (Å²) in [6.45, 7) is 4.89. The fourth-order valence-electron chi connectivity index (χ4n) is 3.31. The molecular weight excluding hydrogens is 411 g/mol. The molecule has 1 heterocycles. The number of benzene rings is 2. The maximum atomic E-state index is 13.1. The molecule has 1 atom stereocenters. The highest BCUT2D eigenvalue weighted by Crippen LogP contribution is 2.24. The number of hydrogen-bond donors (Lipinski definition) is 1. The molecule has 7 heteroatoms. The normalized spacial score (nSPS) is 15.9. The predicted molar refractivity (Wildman–Crippen MR) is 116 cm³/mol. The molecule has 2 amide bonds. The molecule has 0 aliphatic carbocycles. The van der Waals surface area contributed by atoms with Crippen molar-refractivity contribution in [3.63, 3.8) is 0 Å². The fourth-order valence-corrected chi connectivity index (χ4v) is 3.61. The van der Waals surface area contributed by atoms with Gasteiger partial charge in [0.15, 0.2) is 0 Å². The number of rotatable bonds is 6. The second-order valence-electron chi connectivity index (χ2n) is 7.25. The highest BCUT2D eigenvalue weighted by molar-refractivity contribution is 6.42. The molecule has 3 rings (SSSR count). The molecule has 29 heavy (non-hydrogen) atoms. The average molecular weight is 435 g/mol. The standard InChI is InChI=1S/C22H24Cl2N2O3/c1-14-5-3-7-20(15(14)2)25-21(27)13-26(12-17-6-4-10-29-17)22(28)16-8-9-18(23)19(24)11-16/h3,5,7-9,11,17H,4,6,10,12-13H2,1-2H3,(H,25,27). The van der Waals surface area contributed by atoms with Crippen LogP contribution in [0.3, 0.4) is 0 Å². The largest absolute Gasteiger partial charge is 0.376 e. The number of carbonyl (C=O) groups is 2. The summed E-state index contributed by atoms with van der Waals surface area (Å²) in [5.74, 6) is -0.541. The lowest BCUT2D eigenvalue weighted by atomic mass is 10.1. The molecular formula is C22H24Cl2N2O3. The van der Waals surface area contributed by atoms with Crippen LogP contribution in [0.1, 0.15) is 34.3 Å². The Labute approximate surface area is 180 Å². The molecule has 1 fully saturated rings. The first-order valence-corrected chi connectivity index (χ1v) is 10.3. The van der Waals surface area contributed by atoms with E-state index in [0.29, 0.717) is 28.8 Å². The highest BCUT2D eigenvalue weighted by Gasteiger charge is 2.25. The first-order valence-electron chi connectivity index (χ1n) is 9.57. The zero-order valence-corrected chi connectivity index (χ0v) is 18.0. The van der Waals surface area contributed by atoms with Crippen LogP contribution in [0.5, 0.6) is 0 Å². The number of amides is 2. The van der Waals surface area contributed by atoms with Crippen molar-refractivity contribution in [3.8, 4) is 0 Å². The molecule has 1 unspecified atom stereocenters. The minimum atomic E-state index is -0.282. The zero-order valence-electron chi connectivity index (χ0n) is 16.5. The van der Waals surface area contributed by atoms with E-state index in [1.54, 1.807) is 12.1 Å². The van der Waals surface area contributed by atoms with Crippen LogP contribution >= 0.6 is 23.2 Å². The Hall–Kier alpha value is -2.08. The van der Waals surface area contributed by atoms with E-state index in [0.717, 1.165) is 29.7 Å². The molecule has 1 N–H and O–H groups in total. The van der Waals surface area contributed by atoms with Crippen LogP contribution in [0.15, 0.2) is 36.4 Å². The Kier molecular flexibility index (Phi) is 7.17. The predicted octanol–water partition coefficient (Wildman–Crippen LogP) is 4.87. The number of anilines is 1. The first-order chi connectivity index (χ1) is 13.8. The summed E-state index contributed by atoms with van der Waals surface area (Å²) in [4.78, 5) is 27.3. The van der Waals surface area contributed by atoms with Gasteiger partial charge in [-0.2, -0.15) is 0 Å². The molecule has 0 radical (unpaired) electrons. The van der Waals surface area contributed by atoms with Crippen LogP contribution in [0.25, 0.3) is 0 Å². The summed E-state index contributed by atoms with van der Waals surface area (Å²) in [6, 6.07) is 10.5. The lowest BCUT2D eigenvalue weighted by Gasteiger charge is -2.25. The van der Waals surface area contributed by atoms with Gasteiger partial charge in [-0.1, -0.05) is 35.3 Å². The number of halogens is 2. The van der Waals surface area contributed by atoms with Crippen molar-refractivity contribution < 1.29 is 14.3 Å². The third-order valence-electron chi connectivity index (χ3n) is 5.11. The molecule has 2 aromatic rings. The monoisotopic (exact) mass is 434 g/mol. The van der Waals surface area contributed by atoms with E-state index in [-0.39, 0.29) is 24.5 Å². The maximum Gasteiger partial charge on any atom is 0.254 e. The van der Waals surface area contributed by atoms with Gasteiger partial charge < -0.3 is 15.0 Å². The van der Waals surface area contributed by atoms with Crippen LogP contribution in [-0.2, 0) is 9.53 Å². The zero-order chi connectivity index (χ0) is 21.0. The van der Waals surface area contributed by atoms with Crippen LogP contribution in [0.4, 0.5) is 5.69 Å². The molecule has 5 nitrogen and oxygen atoms in total. The van der Waals surface area contributed by atoms with Gasteiger partial charge in [-0.3, -0.25) is 9.59 Å². The Morgan fingerprint density at radius 3 is 2.66 bits per heavy atom. The number of nitrogens with zero attached hydrogens (tertiary/aromatic N) is 1. The average Bonchev–Trinajstić information content (AvgIpc) is 3.19. The highest BCUT2D eigenvalue weighted by atomic mass is 35.5. The van der Waals surface area contributed by atoms with Gasteiger partial charge in [-0.05, 0) is 62.1 Å². The van der Waals surface area contributed by atoms with Crippen molar-refractivity contribution in [3.05, 3.63) is 63.1 Å². The number of ether oxygens (including phenoxy) is 1. The van der Waals surface area contributed by atoms with Crippen LogP contribution in [-0.4, -0.2) is 42.5 Å². The number of carbonyl (C=O) groups excluding carboxylic acids is 2. The lowest BCUT2D eigenvalue weighted by molar-refractivity contribution is -0.117. The van der Waals surface area contributed by atoms with Crippen molar-refractivity contribution in [2.45, 2.75) is 32.8 Å². The summed E-state index contributed by atoms with van der Waals surface area (Å²) >= 11 is 12.0. The van der Waals surface area contributed by atoms with Gasteiger partial charge in [-0.25, -0.2) is 0 Å². The van der Waals surface area contributed by atoms with Gasteiger partial charge in [0.2, 0.25) is 5.91 Å². The molecule has 1 saturated heterocycles. The van der Waals surface area contributed by atoms with Gasteiger partial charge in [0.1, 0.15) is 6.54 Å². The Balaban J connectivity index is 1.77. The molecule has 2 aromatic carbocycles. The van der Waals surface area contributed by atoms with E-state index in [1.165, 1.54) is 11.0 Å². The molecule has 1 aliphatic heterocycles. The third kappa shape index (κ3) is 5.50. The Morgan fingerprint density at radius 1 is 1.17 bits per heavy atom. The Bertz CT molecular complexity index is 911. The van der Waals surface area contributed by atoms with Gasteiger partial charge in [-0.15, -0.1) is 0 Å². The van der Waals surface area contributed by atoms with E-state index in [2.05, 4.69) is 5.32 Å². The molecule has 0 aromatic heterocycles. The van der Waals surface area contributed by atoms with E-state index >= 15 is 0 Å². The van der Waals surface area contributed by atoms with Crippen molar-refractivity contribution in [1.82, 2.24) is 4.90 Å². The summed E-state index contributed by atoms with van der Waals surface area (Å²) in [5.41, 5.74) is 3.22. The fraction of sp³-hybridized carbons (Fsp3) is 0.364. The molecule has 0 spiro atoms. The summed E-state index contributed by atoms with van der Waals surface area (Å²) in [6.07, 6.45) is 1.74. The van der Waals surface area contributed by atoms with Crippen molar-refractivity contribution >= 4 is 40.7 Å². The Morgan fingerprint density at radius 2 is 1.97 bits per heavy atom. The van der Waals surface area contributed by atoms with Crippen molar-refractivity contribution in [1.29, 1.82) is 0 Å². The topological polar surface area (TPSA) is 58.6 Å². The van der Waals surface area contributed by atoms with Crippen LogP contribution < -0.4 is 5.32 Å². The maximum absolute atomic E-state index is 13.1. The van der Waals surface area contributed by atoms with E-state index in [4.69, 9.17) is 27.9 Å². The first kappa shape index (κ1) is 21.6. The number of hydrogen-bond acceptors (Lipinski definition) is 3. The van der Waals surface area contributed by atoms with Crippen LogP contribution in [0, 0.1) is 13.8 Å². The van der Waals surface area contributed by atoms with Gasteiger partial charge in [0.05, 0.1) is 16.1 Å². The number of nitrogens with one attached hydrogen (secondary N) is 1. The summed E-state index contributed by atoms with van der Waals surface area (Å²) in [7, 11) is 0. The van der Waals surface area contributed by atoms with Gasteiger partial charge in [0.25, 0.3) is 5.91 Å². The van der Waals surface area contributed by atoms with Gasteiger partial charge in [0, 0.05) is 24.4 Å².